The quantitative estimate of drug-likeness (QED) is 0.914. The number of hydrogen-bond acceptors (Lipinski definition) is 3. The number of nitrogens with zero attached hydrogens (tertiary/aromatic N) is 3. The van der Waals surface area contributed by atoms with Crippen LogP contribution in [0.2, 0.25) is 5.02 Å². The first-order valence-electron chi connectivity index (χ1n) is 8.29. The molecule has 132 valence electrons. The summed E-state index contributed by atoms with van der Waals surface area (Å²) in [6.07, 6.45) is 0. The van der Waals surface area contributed by atoms with Gasteiger partial charge in [0.2, 0.25) is 5.91 Å². The summed E-state index contributed by atoms with van der Waals surface area (Å²) in [5.74, 6) is -0.101. The number of H-pyrrole nitrogens is 1. The van der Waals surface area contributed by atoms with Crippen LogP contribution in [0, 0.1) is 0 Å². The number of hydrogen-bond donors (Lipinski definition) is 1. The van der Waals surface area contributed by atoms with E-state index in [1.54, 1.807) is 28.0 Å². The van der Waals surface area contributed by atoms with Crippen LogP contribution in [-0.4, -0.2) is 46.0 Å². The lowest BCUT2D eigenvalue weighted by atomic mass is 10.1. The maximum absolute atomic E-state index is 12.7. The summed E-state index contributed by atoms with van der Waals surface area (Å²) in [7, 11) is 0. The highest BCUT2D eigenvalue weighted by atomic mass is 35.5. The number of amides is 2. The van der Waals surface area contributed by atoms with Crippen molar-refractivity contribution in [3.63, 3.8) is 0 Å². The molecule has 1 aromatic carbocycles. The van der Waals surface area contributed by atoms with Gasteiger partial charge in [0.1, 0.15) is 12.2 Å². The van der Waals surface area contributed by atoms with Crippen molar-refractivity contribution in [1.82, 2.24) is 15.1 Å². The van der Waals surface area contributed by atoms with Crippen LogP contribution in [0.25, 0.3) is 0 Å². The Balaban J connectivity index is 1.77. The summed E-state index contributed by atoms with van der Waals surface area (Å²) >= 11 is 6.02. The van der Waals surface area contributed by atoms with Gasteiger partial charge in [0, 0.05) is 29.0 Å². The Morgan fingerprint density at radius 3 is 2.76 bits per heavy atom. The molecule has 0 bridgehead atoms. The van der Waals surface area contributed by atoms with Crippen LogP contribution >= 0.6 is 11.6 Å². The Morgan fingerprint density at radius 2 is 2.12 bits per heavy atom. The lowest BCUT2D eigenvalue weighted by molar-refractivity contribution is -0.121. The number of carbonyl (C=O) groups is 2. The van der Waals surface area contributed by atoms with E-state index in [0.29, 0.717) is 17.3 Å². The first-order valence-corrected chi connectivity index (χ1v) is 8.67. The average Bonchev–Trinajstić information content (AvgIpc) is 3.06. The SMILES string of the molecule is CC(C)c1cc(C(=O)N2CC(=O)N(c3cccc(Cl)c3)C[C@@H]2C)n[nH]1. The van der Waals surface area contributed by atoms with Crippen LogP contribution in [0.5, 0.6) is 0 Å². The van der Waals surface area contributed by atoms with Gasteiger partial charge in [0.25, 0.3) is 5.91 Å². The van der Waals surface area contributed by atoms with Gasteiger partial charge < -0.3 is 9.80 Å². The van der Waals surface area contributed by atoms with E-state index in [1.807, 2.05) is 32.9 Å². The van der Waals surface area contributed by atoms with Crippen LogP contribution < -0.4 is 4.90 Å². The smallest absolute Gasteiger partial charge is 0.275 e. The van der Waals surface area contributed by atoms with Crippen LogP contribution in [0.4, 0.5) is 5.69 Å². The largest absolute Gasteiger partial charge is 0.323 e. The topological polar surface area (TPSA) is 69.3 Å². The predicted octanol–water partition coefficient (Wildman–Crippen LogP) is 3.06. The van der Waals surface area contributed by atoms with E-state index in [-0.39, 0.29) is 30.3 Å². The van der Waals surface area contributed by atoms with E-state index in [0.717, 1.165) is 11.4 Å². The van der Waals surface area contributed by atoms with Gasteiger partial charge in [0.15, 0.2) is 0 Å². The monoisotopic (exact) mass is 360 g/mol. The second-order valence-electron chi connectivity index (χ2n) is 6.63. The number of piperazine rings is 1. The zero-order valence-electron chi connectivity index (χ0n) is 14.5. The summed E-state index contributed by atoms with van der Waals surface area (Å²) in [5, 5.41) is 7.56. The van der Waals surface area contributed by atoms with Crippen molar-refractivity contribution < 1.29 is 9.59 Å². The number of carbonyl (C=O) groups excluding carboxylic acids is 2. The molecule has 1 fully saturated rings. The molecule has 3 rings (SSSR count). The molecule has 0 radical (unpaired) electrons. The minimum Gasteiger partial charge on any atom is -0.323 e. The zero-order valence-corrected chi connectivity index (χ0v) is 15.2. The molecule has 0 spiro atoms. The van der Waals surface area contributed by atoms with Crippen LogP contribution in [-0.2, 0) is 4.79 Å². The van der Waals surface area contributed by atoms with Crippen LogP contribution in [0.15, 0.2) is 30.3 Å². The fraction of sp³-hybridized carbons (Fsp3) is 0.389. The first-order chi connectivity index (χ1) is 11.9. The average molecular weight is 361 g/mol. The van der Waals surface area contributed by atoms with Crippen molar-refractivity contribution in [3.05, 3.63) is 46.7 Å². The van der Waals surface area contributed by atoms with Crippen molar-refractivity contribution in [2.45, 2.75) is 32.7 Å². The second-order valence-corrected chi connectivity index (χ2v) is 7.07. The molecule has 25 heavy (non-hydrogen) atoms. The van der Waals surface area contributed by atoms with Crippen molar-refractivity contribution in [1.29, 1.82) is 0 Å². The molecule has 1 atom stereocenters. The lowest BCUT2D eigenvalue weighted by Gasteiger charge is -2.39. The number of aromatic nitrogens is 2. The van der Waals surface area contributed by atoms with Gasteiger partial charge in [-0.3, -0.25) is 14.7 Å². The van der Waals surface area contributed by atoms with Crippen molar-refractivity contribution >= 4 is 29.1 Å². The molecule has 1 aromatic heterocycles. The Morgan fingerprint density at radius 1 is 1.36 bits per heavy atom. The number of benzene rings is 1. The predicted molar refractivity (Wildman–Crippen MR) is 97.0 cm³/mol. The van der Waals surface area contributed by atoms with Crippen LogP contribution in [0.3, 0.4) is 0 Å². The van der Waals surface area contributed by atoms with E-state index in [9.17, 15) is 9.59 Å². The molecule has 1 aliphatic heterocycles. The van der Waals surface area contributed by atoms with E-state index >= 15 is 0 Å². The van der Waals surface area contributed by atoms with Gasteiger partial charge in [-0.05, 0) is 37.1 Å². The van der Waals surface area contributed by atoms with Gasteiger partial charge in [-0.1, -0.05) is 31.5 Å². The van der Waals surface area contributed by atoms with Crippen molar-refractivity contribution in [3.8, 4) is 0 Å². The van der Waals surface area contributed by atoms with Crippen molar-refractivity contribution in [2.75, 3.05) is 18.0 Å². The molecule has 2 heterocycles. The third-order valence-electron chi connectivity index (χ3n) is 4.41. The number of aromatic amines is 1. The van der Waals surface area contributed by atoms with Gasteiger partial charge in [-0.15, -0.1) is 0 Å². The Bertz CT molecular complexity index is 802. The standard InChI is InChI=1S/C18H21ClN4O2/c1-11(2)15-8-16(21-20-15)18(25)22-10-17(24)23(9-12(22)3)14-6-4-5-13(19)7-14/h4-8,11-12H,9-10H2,1-3H3,(H,20,21)/t12-/m0/s1. The zero-order chi connectivity index (χ0) is 18.1. The molecule has 2 amide bonds. The highest BCUT2D eigenvalue weighted by molar-refractivity contribution is 6.30. The van der Waals surface area contributed by atoms with Gasteiger partial charge in [0.05, 0.1) is 0 Å². The van der Waals surface area contributed by atoms with Gasteiger partial charge in [-0.2, -0.15) is 5.10 Å². The summed E-state index contributed by atoms with van der Waals surface area (Å²) in [6, 6.07) is 8.81. The molecular formula is C18H21ClN4O2. The maximum Gasteiger partial charge on any atom is 0.275 e. The first kappa shape index (κ1) is 17.5. The minimum atomic E-state index is -0.227. The van der Waals surface area contributed by atoms with Gasteiger partial charge in [-0.25, -0.2) is 0 Å². The summed E-state index contributed by atoms with van der Waals surface area (Å²) in [4.78, 5) is 28.6. The number of anilines is 1. The van der Waals surface area contributed by atoms with E-state index in [2.05, 4.69) is 10.2 Å². The highest BCUT2D eigenvalue weighted by Gasteiger charge is 2.34. The molecule has 1 saturated heterocycles. The third-order valence-corrected chi connectivity index (χ3v) is 4.64. The molecule has 0 saturated carbocycles. The summed E-state index contributed by atoms with van der Waals surface area (Å²) in [5.41, 5.74) is 2.00. The Labute approximate surface area is 151 Å². The normalized spacial score (nSPS) is 18.1. The second kappa shape index (κ2) is 6.88. The molecule has 2 aromatic rings. The highest BCUT2D eigenvalue weighted by Crippen LogP contribution is 2.24. The molecule has 0 aliphatic carbocycles. The lowest BCUT2D eigenvalue weighted by Crippen LogP contribution is -2.57. The molecule has 7 heteroatoms. The maximum atomic E-state index is 12.7. The Hall–Kier alpha value is -2.34. The van der Waals surface area contributed by atoms with E-state index in [4.69, 9.17) is 11.6 Å². The minimum absolute atomic E-state index is 0.0242. The van der Waals surface area contributed by atoms with Crippen molar-refractivity contribution in [2.24, 2.45) is 0 Å². The van der Waals surface area contributed by atoms with E-state index < -0.39 is 0 Å². The summed E-state index contributed by atoms with van der Waals surface area (Å²) < 4.78 is 0. The Kier molecular flexibility index (Phi) is 4.81. The molecule has 1 N–H and O–H groups in total. The summed E-state index contributed by atoms with van der Waals surface area (Å²) in [6.45, 7) is 6.43. The fourth-order valence-electron chi connectivity index (χ4n) is 2.91. The van der Waals surface area contributed by atoms with Gasteiger partial charge >= 0.3 is 0 Å². The molecule has 0 unspecified atom stereocenters. The fourth-order valence-corrected chi connectivity index (χ4v) is 3.09. The molecule has 6 nitrogen and oxygen atoms in total. The van der Waals surface area contributed by atoms with Crippen LogP contribution in [0.1, 0.15) is 42.9 Å². The third kappa shape index (κ3) is 3.54. The number of halogens is 1. The number of rotatable bonds is 3. The van der Waals surface area contributed by atoms with E-state index in [1.165, 1.54) is 0 Å². The molecular weight excluding hydrogens is 340 g/mol. The molecule has 1 aliphatic rings. The number of nitrogens with one attached hydrogen (secondary N) is 1.